The lowest BCUT2D eigenvalue weighted by Crippen LogP contribution is -2.30. The number of benzene rings is 2. The highest BCUT2D eigenvalue weighted by molar-refractivity contribution is 7.15. The largest absolute Gasteiger partial charge is 0.332 e. The van der Waals surface area contributed by atoms with Crippen molar-refractivity contribution in [3.63, 3.8) is 0 Å². The van der Waals surface area contributed by atoms with E-state index in [0.29, 0.717) is 22.8 Å². The summed E-state index contributed by atoms with van der Waals surface area (Å²) in [5.41, 5.74) is 5.08. The van der Waals surface area contributed by atoms with E-state index in [1.807, 2.05) is 59.5 Å². The van der Waals surface area contributed by atoms with Gasteiger partial charge in [0.1, 0.15) is 0 Å². The fourth-order valence-electron chi connectivity index (χ4n) is 5.19. The number of carbonyl (C=O) groups excluding carboxylic acids is 2. The number of thiazole rings is 1. The van der Waals surface area contributed by atoms with Crippen LogP contribution in [0.5, 0.6) is 0 Å². The topological polar surface area (TPSA) is 94.2 Å². The molecule has 6 rings (SSSR count). The maximum atomic E-state index is 13.5. The minimum absolute atomic E-state index is 0.00273. The quantitative estimate of drug-likeness (QED) is 0.402. The zero-order valence-electron chi connectivity index (χ0n) is 20.6. The number of fused-ring (bicyclic) bond motifs is 1. The van der Waals surface area contributed by atoms with Crippen LogP contribution in [-0.2, 0) is 13.0 Å². The monoisotopic (exact) mass is 512 g/mol. The van der Waals surface area contributed by atoms with Crippen molar-refractivity contribution in [2.45, 2.75) is 31.8 Å². The molecule has 1 saturated heterocycles. The third-order valence-corrected chi connectivity index (χ3v) is 8.11. The van der Waals surface area contributed by atoms with E-state index >= 15 is 0 Å². The molecule has 0 radical (unpaired) electrons. The Labute approximate surface area is 219 Å². The number of H-pyrrole nitrogens is 1. The Morgan fingerprint density at radius 3 is 2.81 bits per heavy atom. The minimum atomic E-state index is -0.176. The molecule has 1 unspecified atom stereocenters. The molecule has 2 amide bonds. The molecule has 37 heavy (non-hydrogen) atoms. The fraction of sp³-hybridized carbons (Fsp3) is 0.286. The molecule has 4 heterocycles. The van der Waals surface area contributed by atoms with Crippen LogP contribution < -0.4 is 5.32 Å². The van der Waals surface area contributed by atoms with Crippen LogP contribution in [0.15, 0.2) is 60.8 Å². The zero-order chi connectivity index (χ0) is 25.4. The van der Waals surface area contributed by atoms with E-state index in [1.165, 1.54) is 4.88 Å². The molecule has 0 bridgehead atoms. The Morgan fingerprint density at radius 2 is 1.95 bits per heavy atom. The molecule has 4 aromatic rings. The van der Waals surface area contributed by atoms with Crippen LogP contribution in [0.4, 0.5) is 5.13 Å². The second kappa shape index (κ2) is 9.91. The van der Waals surface area contributed by atoms with Gasteiger partial charge in [0, 0.05) is 53.8 Å². The lowest BCUT2D eigenvalue weighted by Gasteiger charge is -2.25. The summed E-state index contributed by atoms with van der Waals surface area (Å²) in [6, 6.07) is 17.1. The van der Waals surface area contributed by atoms with E-state index in [0.717, 1.165) is 54.9 Å². The highest BCUT2D eigenvalue weighted by atomic mass is 32.1. The molecule has 188 valence electrons. The molecule has 2 aromatic heterocycles. The number of carbonyl (C=O) groups is 2. The molecule has 1 atom stereocenters. The minimum Gasteiger partial charge on any atom is -0.332 e. The number of hydrogen-bond donors (Lipinski definition) is 2. The van der Waals surface area contributed by atoms with Crippen LogP contribution in [-0.4, -0.2) is 56.9 Å². The molecule has 0 saturated carbocycles. The van der Waals surface area contributed by atoms with Crippen LogP contribution in [0.1, 0.15) is 55.7 Å². The first-order valence-corrected chi connectivity index (χ1v) is 13.4. The fourth-order valence-corrected chi connectivity index (χ4v) is 6.28. The number of nitrogens with one attached hydrogen (secondary N) is 2. The Hall–Kier alpha value is -3.82. The van der Waals surface area contributed by atoms with Gasteiger partial charge in [0.2, 0.25) is 0 Å². The predicted octanol–water partition coefficient (Wildman–Crippen LogP) is 4.75. The van der Waals surface area contributed by atoms with Crippen LogP contribution in [0.25, 0.3) is 11.3 Å². The second-order valence-electron chi connectivity index (χ2n) is 9.66. The van der Waals surface area contributed by atoms with Gasteiger partial charge in [-0.1, -0.05) is 24.3 Å². The Balaban J connectivity index is 1.19. The van der Waals surface area contributed by atoms with Crippen molar-refractivity contribution in [1.29, 1.82) is 0 Å². The van der Waals surface area contributed by atoms with Crippen molar-refractivity contribution >= 4 is 28.3 Å². The molecule has 2 aromatic carbocycles. The normalized spacial score (nSPS) is 17.5. The van der Waals surface area contributed by atoms with Gasteiger partial charge in [-0.25, -0.2) is 4.98 Å². The smallest absolute Gasteiger partial charge is 0.257 e. The number of rotatable bonds is 5. The number of amides is 2. The number of nitrogens with zero attached hydrogens (tertiary/aromatic N) is 4. The van der Waals surface area contributed by atoms with E-state index in [4.69, 9.17) is 0 Å². The lowest BCUT2D eigenvalue weighted by molar-refractivity contribution is 0.0735. The first kappa shape index (κ1) is 23.6. The molecule has 2 N–H and O–H groups in total. The molecule has 0 aliphatic carbocycles. The second-order valence-corrected chi connectivity index (χ2v) is 10.7. The number of hydrogen-bond acceptors (Lipinski definition) is 6. The Morgan fingerprint density at radius 1 is 1.08 bits per heavy atom. The summed E-state index contributed by atoms with van der Waals surface area (Å²) < 4.78 is 0. The van der Waals surface area contributed by atoms with Gasteiger partial charge in [0.05, 0.1) is 17.4 Å². The first-order valence-electron chi connectivity index (χ1n) is 12.5. The van der Waals surface area contributed by atoms with Crippen molar-refractivity contribution in [3.8, 4) is 11.3 Å². The summed E-state index contributed by atoms with van der Waals surface area (Å²) in [4.78, 5) is 36.7. The van der Waals surface area contributed by atoms with Crippen molar-refractivity contribution < 1.29 is 9.59 Å². The summed E-state index contributed by atoms with van der Waals surface area (Å²) >= 11 is 1.55. The van der Waals surface area contributed by atoms with Crippen LogP contribution >= 0.6 is 11.3 Å². The molecule has 1 fully saturated rings. The number of aromatic amines is 1. The third-order valence-electron chi connectivity index (χ3n) is 7.11. The Bertz CT molecular complexity index is 1450. The highest BCUT2D eigenvalue weighted by Crippen LogP contribution is 2.34. The van der Waals surface area contributed by atoms with Gasteiger partial charge < -0.3 is 9.80 Å². The van der Waals surface area contributed by atoms with E-state index in [9.17, 15) is 9.59 Å². The molecular weight excluding hydrogens is 484 g/mol. The summed E-state index contributed by atoms with van der Waals surface area (Å²) in [5, 5.41) is 10.6. The average Bonchev–Trinajstić information content (AvgIpc) is 3.69. The maximum absolute atomic E-state index is 13.5. The molecular formula is C28H28N6O2S. The summed E-state index contributed by atoms with van der Waals surface area (Å²) in [6.07, 6.45) is 4.39. The van der Waals surface area contributed by atoms with E-state index < -0.39 is 0 Å². The summed E-state index contributed by atoms with van der Waals surface area (Å²) in [5.74, 6) is -0.179. The highest BCUT2D eigenvalue weighted by Gasteiger charge is 2.31. The standard InChI is InChI=1S/C28H28N6O2S/c1-33-14-11-23-25(17-33)37-28(30-23)31-26(35)20-7-3-6-19(16-20)24-9-4-13-34(24)27(36)21-8-2-5-18(15-21)22-10-12-29-32-22/h2-3,5-8,10,12,15-16,24H,4,9,11,13-14,17H2,1H3,(H,29,32)(H,30,31,35). The van der Waals surface area contributed by atoms with Gasteiger partial charge >= 0.3 is 0 Å². The van der Waals surface area contributed by atoms with Gasteiger partial charge in [0.15, 0.2) is 5.13 Å². The van der Waals surface area contributed by atoms with Crippen molar-refractivity contribution in [1.82, 2.24) is 25.0 Å². The number of aromatic nitrogens is 3. The number of anilines is 1. The Kier molecular flexibility index (Phi) is 6.31. The zero-order valence-corrected chi connectivity index (χ0v) is 21.4. The van der Waals surface area contributed by atoms with Crippen molar-refractivity contribution in [3.05, 3.63) is 88.1 Å². The molecule has 8 nitrogen and oxygen atoms in total. The predicted molar refractivity (Wildman–Crippen MR) is 144 cm³/mol. The van der Waals surface area contributed by atoms with Gasteiger partial charge in [-0.2, -0.15) is 5.10 Å². The number of likely N-dealkylation sites (tertiary alicyclic amines) is 1. The lowest BCUT2D eigenvalue weighted by atomic mass is 10.0. The first-order chi connectivity index (χ1) is 18.0. The van der Waals surface area contributed by atoms with Crippen molar-refractivity contribution in [2.75, 3.05) is 25.5 Å². The van der Waals surface area contributed by atoms with Crippen molar-refractivity contribution in [2.24, 2.45) is 0 Å². The van der Waals surface area contributed by atoms with Crippen LogP contribution in [0, 0.1) is 0 Å². The van der Waals surface area contributed by atoms with E-state index in [-0.39, 0.29) is 17.9 Å². The SMILES string of the molecule is CN1CCc2nc(NC(=O)c3cccc(C4CCCN4C(=O)c4cccc(-c5ccn[nH]5)c4)c3)sc2C1. The maximum Gasteiger partial charge on any atom is 0.257 e. The van der Waals surface area contributed by atoms with Gasteiger partial charge in [-0.3, -0.25) is 20.0 Å². The molecule has 0 spiro atoms. The number of likely N-dealkylation sites (N-methyl/N-ethyl adjacent to an activating group) is 1. The molecule has 2 aliphatic heterocycles. The van der Waals surface area contributed by atoms with E-state index in [2.05, 4.69) is 32.4 Å². The van der Waals surface area contributed by atoms with E-state index in [1.54, 1.807) is 17.5 Å². The average molecular weight is 513 g/mol. The third kappa shape index (κ3) is 4.80. The molecule has 9 heteroatoms. The van der Waals surface area contributed by atoms with Gasteiger partial charge in [-0.05, 0) is 55.8 Å². The summed E-state index contributed by atoms with van der Waals surface area (Å²) in [6.45, 7) is 2.54. The van der Waals surface area contributed by atoms with Gasteiger partial charge in [-0.15, -0.1) is 11.3 Å². The molecule has 2 aliphatic rings. The van der Waals surface area contributed by atoms with Crippen LogP contribution in [0.3, 0.4) is 0 Å². The van der Waals surface area contributed by atoms with Crippen LogP contribution in [0.2, 0.25) is 0 Å². The van der Waals surface area contributed by atoms with Gasteiger partial charge in [0.25, 0.3) is 11.8 Å². The summed E-state index contributed by atoms with van der Waals surface area (Å²) in [7, 11) is 2.10.